The van der Waals surface area contributed by atoms with Gasteiger partial charge in [-0.15, -0.1) is 0 Å². The molecule has 0 aromatic rings. The summed E-state index contributed by atoms with van der Waals surface area (Å²) in [5.41, 5.74) is 0.548. The fourth-order valence-corrected chi connectivity index (χ4v) is 1.10. The number of esters is 2. The van der Waals surface area contributed by atoms with Gasteiger partial charge in [-0.1, -0.05) is 19.4 Å². The molecule has 0 heterocycles. The lowest BCUT2D eigenvalue weighted by Crippen LogP contribution is -2.15. The third-order valence-electron chi connectivity index (χ3n) is 2.03. The molecule has 5 nitrogen and oxygen atoms in total. The number of unbranched alkanes of at least 4 members (excludes halogenated alkanes) is 1. The molecule has 0 unspecified atom stereocenters. The van der Waals surface area contributed by atoms with Gasteiger partial charge in [-0.3, -0.25) is 9.59 Å². The van der Waals surface area contributed by atoms with E-state index in [1.54, 1.807) is 6.92 Å². The van der Waals surface area contributed by atoms with Gasteiger partial charge in [-0.25, -0.2) is 4.79 Å². The van der Waals surface area contributed by atoms with Crippen molar-refractivity contribution in [2.45, 2.75) is 40.0 Å². The van der Waals surface area contributed by atoms with Gasteiger partial charge < -0.3 is 9.47 Å². The monoisotopic (exact) mass is 256 g/mol. The molecule has 0 aliphatic carbocycles. The molecule has 0 atom stereocenters. The highest BCUT2D eigenvalue weighted by Crippen LogP contribution is 2.00. The van der Waals surface area contributed by atoms with Gasteiger partial charge in [0.25, 0.3) is 0 Å². The highest BCUT2D eigenvalue weighted by molar-refractivity contribution is 5.94. The molecule has 0 aromatic carbocycles. The second-order valence-corrected chi connectivity index (χ2v) is 3.91. The molecule has 0 spiro atoms. The molecule has 5 heteroatoms. The zero-order valence-electron chi connectivity index (χ0n) is 11.2. The van der Waals surface area contributed by atoms with Crippen LogP contribution in [0.1, 0.15) is 40.0 Å². The number of carbonyl (C=O) groups excluding carboxylic acids is 3. The molecule has 18 heavy (non-hydrogen) atoms. The van der Waals surface area contributed by atoms with Crippen molar-refractivity contribution in [3.8, 4) is 0 Å². The van der Waals surface area contributed by atoms with Crippen LogP contribution in [0, 0.1) is 0 Å². The standard InChI is InChI=1S/C13H20O5/c1-4-5-6-10(2)13(16)18-8-7-17-12(15)9-11(3)14/h6H,4-5,7-9H2,1-3H3/b10-6+. The fourth-order valence-electron chi connectivity index (χ4n) is 1.10. The smallest absolute Gasteiger partial charge is 0.333 e. The van der Waals surface area contributed by atoms with Crippen molar-refractivity contribution in [1.29, 1.82) is 0 Å². The Balaban J connectivity index is 3.75. The molecule has 0 N–H and O–H groups in total. The van der Waals surface area contributed by atoms with Crippen LogP contribution >= 0.6 is 0 Å². The summed E-state index contributed by atoms with van der Waals surface area (Å²) >= 11 is 0. The fraction of sp³-hybridized carbons (Fsp3) is 0.615. The average Bonchev–Trinajstić information content (AvgIpc) is 2.30. The highest BCUT2D eigenvalue weighted by atomic mass is 16.6. The Morgan fingerprint density at radius 1 is 1.06 bits per heavy atom. The average molecular weight is 256 g/mol. The number of hydrogen-bond acceptors (Lipinski definition) is 5. The van der Waals surface area contributed by atoms with Crippen LogP contribution in [0.2, 0.25) is 0 Å². The Morgan fingerprint density at radius 3 is 2.22 bits per heavy atom. The van der Waals surface area contributed by atoms with E-state index < -0.39 is 11.9 Å². The third-order valence-corrected chi connectivity index (χ3v) is 2.03. The van der Waals surface area contributed by atoms with Gasteiger partial charge in [0.1, 0.15) is 25.4 Å². The summed E-state index contributed by atoms with van der Waals surface area (Å²) in [5.74, 6) is -1.27. The molecular formula is C13H20O5. The van der Waals surface area contributed by atoms with Gasteiger partial charge in [0.05, 0.1) is 0 Å². The lowest BCUT2D eigenvalue weighted by molar-refractivity contribution is -0.151. The molecule has 0 saturated heterocycles. The van der Waals surface area contributed by atoms with E-state index >= 15 is 0 Å². The lowest BCUT2D eigenvalue weighted by atomic mass is 10.2. The summed E-state index contributed by atoms with van der Waals surface area (Å²) in [7, 11) is 0. The van der Waals surface area contributed by atoms with Gasteiger partial charge in [0.15, 0.2) is 0 Å². The molecule has 0 fully saturated rings. The second kappa shape index (κ2) is 9.39. The Kier molecular flexibility index (Phi) is 8.53. The van der Waals surface area contributed by atoms with E-state index in [4.69, 9.17) is 9.47 Å². The topological polar surface area (TPSA) is 69.7 Å². The Labute approximate surface area is 107 Å². The van der Waals surface area contributed by atoms with E-state index in [1.807, 2.05) is 13.0 Å². The third kappa shape index (κ3) is 8.50. The van der Waals surface area contributed by atoms with Crippen LogP contribution < -0.4 is 0 Å². The number of allylic oxidation sites excluding steroid dienone is 1. The maximum atomic E-state index is 11.4. The molecule has 0 aliphatic rings. The van der Waals surface area contributed by atoms with Crippen LogP contribution in [0.5, 0.6) is 0 Å². The van der Waals surface area contributed by atoms with E-state index in [-0.39, 0.29) is 25.4 Å². The van der Waals surface area contributed by atoms with Crippen LogP contribution in [0.4, 0.5) is 0 Å². The Bertz CT molecular complexity index is 330. The summed E-state index contributed by atoms with van der Waals surface area (Å²) in [6.45, 7) is 4.98. The minimum atomic E-state index is -0.600. The summed E-state index contributed by atoms with van der Waals surface area (Å²) in [6, 6.07) is 0. The van der Waals surface area contributed by atoms with Crippen LogP contribution in [0.15, 0.2) is 11.6 Å². The van der Waals surface area contributed by atoms with Crippen LogP contribution in [-0.4, -0.2) is 30.9 Å². The highest BCUT2D eigenvalue weighted by Gasteiger charge is 2.08. The zero-order chi connectivity index (χ0) is 14.0. The van der Waals surface area contributed by atoms with Crippen molar-refractivity contribution < 1.29 is 23.9 Å². The first-order valence-corrected chi connectivity index (χ1v) is 5.96. The quantitative estimate of drug-likeness (QED) is 0.286. The second-order valence-electron chi connectivity index (χ2n) is 3.91. The van der Waals surface area contributed by atoms with Gasteiger partial charge >= 0.3 is 11.9 Å². The molecule has 0 aromatic heterocycles. The number of rotatable bonds is 8. The molecule has 0 amide bonds. The summed E-state index contributed by atoms with van der Waals surface area (Å²) in [5, 5.41) is 0. The van der Waals surface area contributed by atoms with Crippen molar-refractivity contribution in [1.82, 2.24) is 0 Å². The van der Waals surface area contributed by atoms with Gasteiger partial charge in [0, 0.05) is 5.57 Å². The SMILES string of the molecule is CCC/C=C(\C)C(=O)OCCOC(=O)CC(C)=O. The molecule has 102 valence electrons. The van der Waals surface area contributed by atoms with E-state index in [1.165, 1.54) is 6.92 Å². The maximum Gasteiger partial charge on any atom is 0.333 e. The van der Waals surface area contributed by atoms with Gasteiger partial charge in [0.2, 0.25) is 0 Å². The number of ketones is 1. The first kappa shape index (κ1) is 16.4. The number of Topliss-reactive ketones (excluding diaryl/α,β-unsaturated/α-hetero) is 1. The van der Waals surface area contributed by atoms with Crippen LogP contribution in [-0.2, 0) is 23.9 Å². The van der Waals surface area contributed by atoms with Gasteiger partial charge in [-0.05, 0) is 20.3 Å². The molecular weight excluding hydrogens is 236 g/mol. The maximum absolute atomic E-state index is 11.4. The summed E-state index contributed by atoms with van der Waals surface area (Å²) in [6.07, 6.45) is 3.36. The molecule has 0 rings (SSSR count). The number of hydrogen-bond donors (Lipinski definition) is 0. The Hall–Kier alpha value is -1.65. The van der Waals surface area contributed by atoms with Crippen LogP contribution in [0.25, 0.3) is 0 Å². The predicted octanol–water partition coefficient (Wildman–Crippen LogP) is 1.80. The summed E-state index contributed by atoms with van der Waals surface area (Å²) < 4.78 is 9.59. The minimum absolute atomic E-state index is 0.000215. The lowest BCUT2D eigenvalue weighted by Gasteiger charge is -2.06. The van der Waals surface area contributed by atoms with Crippen molar-refractivity contribution in [2.24, 2.45) is 0 Å². The number of ether oxygens (including phenoxy) is 2. The minimum Gasteiger partial charge on any atom is -0.462 e. The van der Waals surface area contributed by atoms with Crippen LogP contribution in [0.3, 0.4) is 0 Å². The van der Waals surface area contributed by atoms with E-state index in [0.29, 0.717) is 5.57 Å². The Morgan fingerprint density at radius 2 is 1.67 bits per heavy atom. The normalized spacial score (nSPS) is 10.9. The van der Waals surface area contributed by atoms with Crippen molar-refractivity contribution >= 4 is 17.7 Å². The van der Waals surface area contributed by atoms with E-state index in [2.05, 4.69) is 0 Å². The summed E-state index contributed by atoms with van der Waals surface area (Å²) in [4.78, 5) is 33.0. The predicted molar refractivity (Wildman–Crippen MR) is 65.9 cm³/mol. The largest absolute Gasteiger partial charge is 0.462 e. The first-order chi connectivity index (χ1) is 8.47. The molecule has 0 bridgehead atoms. The van der Waals surface area contributed by atoms with Crippen molar-refractivity contribution in [3.63, 3.8) is 0 Å². The van der Waals surface area contributed by atoms with E-state index in [0.717, 1.165) is 12.8 Å². The molecule has 0 saturated carbocycles. The number of carbonyl (C=O) groups is 3. The van der Waals surface area contributed by atoms with Crippen molar-refractivity contribution in [3.05, 3.63) is 11.6 Å². The zero-order valence-corrected chi connectivity index (χ0v) is 11.2. The molecule has 0 radical (unpaired) electrons. The van der Waals surface area contributed by atoms with Crippen molar-refractivity contribution in [2.75, 3.05) is 13.2 Å². The molecule has 0 aliphatic heterocycles. The van der Waals surface area contributed by atoms with E-state index in [9.17, 15) is 14.4 Å². The van der Waals surface area contributed by atoms with Gasteiger partial charge in [-0.2, -0.15) is 0 Å². The first-order valence-electron chi connectivity index (χ1n) is 5.96.